The standard InChI is InChI=1S/C36H47F2N3O3/c1-4-17-41(18-5-2)36(44)32(29-13-8-7-9-14-29)15-16-35(43)40-33(22-28-20-30(37)23-31(38)21-28)34(42)25-39-24-27-12-10-11-26(6-3)19-27/h7-14,19-21,23,32-34,39,42H,4-6,15-18,22,24-25H2,1-3H3,(H,40,43)/t32?,33-,34-/m0/s1. The highest BCUT2D eigenvalue weighted by Crippen LogP contribution is 2.25. The van der Waals surface area contributed by atoms with Gasteiger partial charge in [0.15, 0.2) is 0 Å². The van der Waals surface area contributed by atoms with Crippen molar-refractivity contribution in [3.05, 3.63) is 107 Å². The fourth-order valence-electron chi connectivity index (χ4n) is 5.50. The van der Waals surface area contributed by atoms with Crippen molar-refractivity contribution in [2.75, 3.05) is 19.6 Å². The number of hydrogen-bond donors (Lipinski definition) is 3. The Morgan fingerprint density at radius 3 is 2.14 bits per heavy atom. The SMILES string of the molecule is CCCN(CCC)C(=O)C(CCC(=O)N[C@@H](Cc1cc(F)cc(F)c1)[C@@H](O)CNCc1cccc(CC)c1)c1ccccc1. The van der Waals surface area contributed by atoms with Crippen molar-refractivity contribution in [3.63, 3.8) is 0 Å². The summed E-state index contributed by atoms with van der Waals surface area (Å²) >= 11 is 0. The minimum absolute atomic E-state index is 0.00383. The van der Waals surface area contributed by atoms with Gasteiger partial charge in [0.1, 0.15) is 11.6 Å². The molecule has 3 atom stereocenters. The Bertz CT molecular complexity index is 1290. The number of rotatable bonds is 18. The number of benzene rings is 3. The molecule has 3 aromatic carbocycles. The van der Waals surface area contributed by atoms with Crippen LogP contribution in [0, 0.1) is 11.6 Å². The van der Waals surface area contributed by atoms with E-state index in [0.29, 0.717) is 31.6 Å². The zero-order chi connectivity index (χ0) is 31.9. The molecule has 0 spiro atoms. The number of nitrogens with zero attached hydrogens (tertiary/aromatic N) is 1. The van der Waals surface area contributed by atoms with Crippen LogP contribution >= 0.6 is 0 Å². The molecule has 0 radical (unpaired) electrons. The van der Waals surface area contributed by atoms with Crippen LogP contribution in [0.5, 0.6) is 0 Å². The second-order valence-corrected chi connectivity index (χ2v) is 11.4. The van der Waals surface area contributed by atoms with Crippen molar-refractivity contribution in [1.82, 2.24) is 15.5 Å². The predicted octanol–water partition coefficient (Wildman–Crippen LogP) is 5.92. The molecule has 3 aromatic rings. The van der Waals surface area contributed by atoms with E-state index in [2.05, 4.69) is 29.7 Å². The van der Waals surface area contributed by atoms with E-state index < -0.39 is 29.7 Å². The molecule has 3 rings (SSSR count). The van der Waals surface area contributed by atoms with Crippen LogP contribution in [0.2, 0.25) is 0 Å². The molecule has 238 valence electrons. The van der Waals surface area contributed by atoms with Crippen LogP contribution in [0.3, 0.4) is 0 Å². The first-order valence-corrected chi connectivity index (χ1v) is 15.8. The van der Waals surface area contributed by atoms with E-state index in [0.717, 1.165) is 36.5 Å². The first kappa shape index (κ1) is 34.9. The maximum atomic E-state index is 14.0. The summed E-state index contributed by atoms with van der Waals surface area (Å²) in [6.07, 6.45) is 1.95. The average Bonchev–Trinajstić information content (AvgIpc) is 3.00. The first-order chi connectivity index (χ1) is 21.2. The van der Waals surface area contributed by atoms with E-state index in [1.807, 2.05) is 61.2 Å². The number of hydrogen-bond acceptors (Lipinski definition) is 4. The van der Waals surface area contributed by atoms with Crippen LogP contribution in [-0.2, 0) is 29.0 Å². The van der Waals surface area contributed by atoms with E-state index >= 15 is 0 Å². The lowest BCUT2D eigenvalue weighted by atomic mass is 9.92. The molecular weight excluding hydrogens is 560 g/mol. The smallest absolute Gasteiger partial charge is 0.230 e. The molecule has 0 saturated carbocycles. The van der Waals surface area contributed by atoms with Crippen LogP contribution in [0.15, 0.2) is 72.8 Å². The topological polar surface area (TPSA) is 81.7 Å². The number of carbonyl (C=O) groups excluding carboxylic acids is 2. The molecule has 44 heavy (non-hydrogen) atoms. The first-order valence-electron chi connectivity index (χ1n) is 15.8. The van der Waals surface area contributed by atoms with Gasteiger partial charge in [-0.15, -0.1) is 0 Å². The van der Waals surface area contributed by atoms with Crippen molar-refractivity contribution >= 4 is 11.8 Å². The van der Waals surface area contributed by atoms with Crippen molar-refractivity contribution in [3.8, 4) is 0 Å². The summed E-state index contributed by atoms with van der Waals surface area (Å²) in [4.78, 5) is 28.8. The highest BCUT2D eigenvalue weighted by atomic mass is 19.1. The van der Waals surface area contributed by atoms with Crippen molar-refractivity contribution in [2.45, 2.75) is 83.9 Å². The molecule has 0 heterocycles. The second kappa shape index (κ2) is 18.2. The molecule has 3 N–H and O–H groups in total. The molecule has 8 heteroatoms. The monoisotopic (exact) mass is 607 g/mol. The fourth-order valence-corrected chi connectivity index (χ4v) is 5.50. The third kappa shape index (κ3) is 11.1. The van der Waals surface area contributed by atoms with Gasteiger partial charge in [-0.2, -0.15) is 0 Å². The van der Waals surface area contributed by atoms with Crippen molar-refractivity contribution < 1.29 is 23.5 Å². The summed E-state index contributed by atoms with van der Waals surface area (Å²) in [6.45, 7) is 8.14. The van der Waals surface area contributed by atoms with E-state index in [9.17, 15) is 23.5 Å². The summed E-state index contributed by atoms with van der Waals surface area (Å²) in [7, 11) is 0. The maximum Gasteiger partial charge on any atom is 0.230 e. The Morgan fingerprint density at radius 1 is 0.841 bits per heavy atom. The van der Waals surface area contributed by atoms with Gasteiger partial charge in [0.2, 0.25) is 11.8 Å². The third-order valence-electron chi connectivity index (χ3n) is 7.73. The molecule has 0 saturated heterocycles. The van der Waals surface area contributed by atoms with Gasteiger partial charge >= 0.3 is 0 Å². The minimum atomic E-state index is -1.03. The normalized spacial score (nSPS) is 13.2. The summed E-state index contributed by atoms with van der Waals surface area (Å²) in [5, 5.41) is 17.3. The van der Waals surface area contributed by atoms with Gasteiger partial charge in [-0.05, 0) is 66.5 Å². The van der Waals surface area contributed by atoms with Crippen LogP contribution in [-0.4, -0.2) is 53.6 Å². The molecule has 0 aromatic heterocycles. The summed E-state index contributed by atoms with van der Waals surface area (Å²) in [6, 6.07) is 20.0. The summed E-state index contributed by atoms with van der Waals surface area (Å²) in [5.74, 6) is -2.27. The number of amides is 2. The highest BCUT2D eigenvalue weighted by Gasteiger charge is 2.27. The van der Waals surface area contributed by atoms with Gasteiger partial charge in [-0.3, -0.25) is 9.59 Å². The van der Waals surface area contributed by atoms with Crippen LogP contribution in [0.25, 0.3) is 0 Å². The van der Waals surface area contributed by atoms with Gasteiger partial charge in [0.25, 0.3) is 0 Å². The maximum absolute atomic E-state index is 14.0. The van der Waals surface area contributed by atoms with Gasteiger partial charge in [0, 0.05) is 38.7 Å². The molecule has 0 aliphatic heterocycles. The number of carbonyl (C=O) groups is 2. The van der Waals surface area contributed by atoms with Crippen molar-refractivity contribution in [1.29, 1.82) is 0 Å². The Kier molecular flexibility index (Phi) is 14.5. The molecule has 0 aliphatic rings. The summed E-state index contributed by atoms with van der Waals surface area (Å²) in [5.41, 5.74) is 3.46. The van der Waals surface area contributed by atoms with E-state index in [1.54, 1.807) is 0 Å². The highest BCUT2D eigenvalue weighted by molar-refractivity contribution is 5.85. The quantitative estimate of drug-likeness (QED) is 0.168. The number of aliphatic hydroxyl groups excluding tert-OH is 1. The minimum Gasteiger partial charge on any atom is -0.390 e. The Labute approximate surface area is 260 Å². The zero-order valence-electron chi connectivity index (χ0n) is 26.2. The fraction of sp³-hybridized carbons (Fsp3) is 0.444. The molecule has 0 bridgehead atoms. The van der Waals surface area contributed by atoms with Gasteiger partial charge in [-0.1, -0.05) is 75.4 Å². The number of aliphatic hydroxyl groups is 1. The number of halogens is 2. The zero-order valence-corrected chi connectivity index (χ0v) is 26.2. The molecule has 2 amide bonds. The predicted molar refractivity (Wildman–Crippen MR) is 171 cm³/mol. The molecule has 6 nitrogen and oxygen atoms in total. The lowest BCUT2D eigenvalue weighted by Crippen LogP contribution is -2.48. The van der Waals surface area contributed by atoms with Gasteiger partial charge in [-0.25, -0.2) is 8.78 Å². The second-order valence-electron chi connectivity index (χ2n) is 11.4. The Balaban J connectivity index is 1.72. The van der Waals surface area contributed by atoms with E-state index in [4.69, 9.17) is 0 Å². The number of aryl methyl sites for hydroxylation is 1. The van der Waals surface area contributed by atoms with Gasteiger partial charge in [0.05, 0.1) is 18.1 Å². The van der Waals surface area contributed by atoms with Crippen LogP contribution < -0.4 is 10.6 Å². The van der Waals surface area contributed by atoms with E-state index in [-0.39, 0.29) is 31.2 Å². The Morgan fingerprint density at radius 2 is 1.50 bits per heavy atom. The number of nitrogens with one attached hydrogen (secondary N) is 2. The van der Waals surface area contributed by atoms with Crippen LogP contribution in [0.1, 0.15) is 74.6 Å². The summed E-state index contributed by atoms with van der Waals surface area (Å²) < 4.78 is 28.0. The third-order valence-corrected chi connectivity index (χ3v) is 7.73. The molecular formula is C36H47F2N3O3. The average molecular weight is 608 g/mol. The van der Waals surface area contributed by atoms with E-state index in [1.165, 1.54) is 17.7 Å². The molecule has 0 fully saturated rings. The lowest BCUT2D eigenvalue weighted by molar-refractivity contribution is -0.133. The lowest BCUT2D eigenvalue weighted by Gasteiger charge is -2.28. The van der Waals surface area contributed by atoms with Crippen molar-refractivity contribution in [2.24, 2.45) is 0 Å². The van der Waals surface area contributed by atoms with Gasteiger partial charge < -0.3 is 20.6 Å². The largest absolute Gasteiger partial charge is 0.390 e. The molecule has 0 aliphatic carbocycles. The Hall–Kier alpha value is -3.62. The van der Waals surface area contributed by atoms with Crippen LogP contribution in [0.4, 0.5) is 8.78 Å². The molecule has 1 unspecified atom stereocenters.